The molecule has 0 aromatic heterocycles. The SMILES string of the molecule is NN=Nc1cccc(C2=CC3C=CC2CC3)c1. The van der Waals surface area contributed by atoms with Crippen molar-refractivity contribution < 1.29 is 0 Å². The summed E-state index contributed by atoms with van der Waals surface area (Å²) in [5, 5.41) is 7.21. The van der Waals surface area contributed by atoms with Gasteiger partial charge >= 0.3 is 0 Å². The maximum Gasteiger partial charge on any atom is 0.0880 e. The van der Waals surface area contributed by atoms with Crippen LogP contribution in [0.2, 0.25) is 0 Å². The van der Waals surface area contributed by atoms with Gasteiger partial charge in [0.25, 0.3) is 0 Å². The molecule has 1 aromatic carbocycles. The van der Waals surface area contributed by atoms with Crippen molar-refractivity contribution in [1.29, 1.82) is 0 Å². The van der Waals surface area contributed by atoms with E-state index in [-0.39, 0.29) is 0 Å². The number of allylic oxidation sites excluding steroid dienone is 4. The van der Waals surface area contributed by atoms with Crippen LogP contribution in [0, 0.1) is 11.8 Å². The Morgan fingerprint density at radius 1 is 1.18 bits per heavy atom. The van der Waals surface area contributed by atoms with Crippen molar-refractivity contribution in [2.45, 2.75) is 12.8 Å². The highest BCUT2D eigenvalue weighted by Crippen LogP contribution is 2.41. The highest BCUT2D eigenvalue weighted by atomic mass is 15.3. The van der Waals surface area contributed by atoms with Gasteiger partial charge in [0.1, 0.15) is 0 Å². The summed E-state index contributed by atoms with van der Waals surface area (Å²) in [7, 11) is 0. The van der Waals surface area contributed by atoms with Crippen LogP contribution in [0.15, 0.2) is 52.8 Å². The van der Waals surface area contributed by atoms with Crippen LogP contribution in [-0.4, -0.2) is 0 Å². The minimum atomic E-state index is 0.574. The third-order valence-corrected chi connectivity index (χ3v) is 3.55. The number of nitrogens with zero attached hydrogens (tertiary/aromatic N) is 2. The van der Waals surface area contributed by atoms with Crippen LogP contribution in [0.4, 0.5) is 5.69 Å². The lowest BCUT2D eigenvalue weighted by Gasteiger charge is -2.30. The number of benzene rings is 1. The number of fused-ring (bicyclic) bond motifs is 1. The molecule has 0 saturated heterocycles. The number of hydrogen-bond acceptors (Lipinski definition) is 2. The Labute approximate surface area is 101 Å². The van der Waals surface area contributed by atoms with E-state index in [1.54, 1.807) is 0 Å². The maximum atomic E-state index is 5.08. The van der Waals surface area contributed by atoms with Crippen LogP contribution in [0.5, 0.6) is 0 Å². The third kappa shape index (κ3) is 1.88. The summed E-state index contributed by atoms with van der Waals surface area (Å²) in [6.45, 7) is 0. The molecule has 2 bridgehead atoms. The molecule has 17 heavy (non-hydrogen) atoms. The predicted octanol–water partition coefficient (Wildman–Crippen LogP) is 3.62. The van der Waals surface area contributed by atoms with Gasteiger partial charge in [-0.05, 0) is 42.0 Å². The lowest BCUT2D eigenvalue weighted by molar-refractivity contribution is 0.543. The van der Waals surface area contributed by atoms with Crippen LogP contribution < -0.4 is 5.84 Å². The first-order chi connectivity index (χ1) is 8.36. The Bertz CT molecular complexity index is 514. The molecule has 2 atom stereocenters. The number of rotatable bonds is 2. The molecule has 4 rings (SSSR count). The monoisotopic (exact) mass is 225 g/mol. The Kier molecular flexibility index (Phi) is 2.52. The molecule has 86 valence electrons. The molecule has 3 heteroatoms. The van der Waals surface area contributed by atoms with Crippen LogP contribution >= 0.6 is 0 Å². The summed E-state index contributed by atoms with van der Waals surface area (Å²) in [4.78, 5) is 0. The molecule has 2 unspecified atom stereocenters. The molecule has 0 spiro atoms. The van der Waals surface area contributed by atoms with Gasteiger partial charge in [-0.2, -0.15) is 0 Å². The fraction of sp³-hybridized carbons (Fsp3) is 0.286. The Morgan fingerprint density at radius 3 is 2.76 bits per heavy atom. The highest BCUT2D eigenvalue weighted by molar-refractivity contribution is 5.73. The topological polar surface area (TPSA) is 50.7 Å². The van der Waals surface area contributed by atoms with Crippen molar-refractivity contribution in [3.05, 3.63) is 48.1 Å². The van der Waals surface area contributed by atoms with E-state index in [1.165, 1.54) is 24.0 Å². The maximum absolute atomic E-state index is 5.08. The molecule has 3 aliphatic rings. The smallest absolute Gasteiger partial charge is 0.0880 e. The zero-order valence-electron chi connectivity index (χ0n) is 9.58. The Morgan fingerprint density at radius 2 is 2.12 bits per heavy atom. The van der Waals surface area contributed by atoms with Crippen molar-refractivity contribution in [2.75, 3.05) is 0 Å². The lowest BCUT2D eigenvalue weighted by Crippen LogP contribution is -2.15. The molecule has 3 nitrogen and oxygen atoms in total. The van der Waals surface area contributed by atoms with Crippen molar-refractivity contribution in [1.82, 2.24) is 0 Å². The number of hydrogen-bond donors (Lipinski definition) is 1. The molecule has 1 aromatic rings. The lowest BCUT2D eigenvalue weighted by atomic mass is 9.74. The minimum Gasteiger partial charge on any atom is -0.305 e. The fourth-order valence-corrected chi connectivity index (χ4v) is 2.72. The molecule has 0 aliphatic heterocycles. The van der Waals surface area contributed by atoms with Crippen LogP contribution in [0.3, 0.4) is 0 Å². The Hall–Kier alpha value is -1.90. The molecule has 0 radical (unpaired) electrons. The van der Waals surface area contributed by atoms with E-state index in [0.717, 1.165) is 5.69 Å². The van der Waals surface area contributed by atoms with Crippen LogP contribution in [-0.2, 0) is 0 Å². The van der Waals surface area contributed by atoms with Crippen molar-refractivity contribution in [2.24, 2.45) is 28.0 Å². The van der Waals surface area contributed by atoms with Crippen molar-refractivity contribution in [3.8, 4) is 0 Å². The second-order valence-corrected chi connectivity index (χ2v) is 4.62. The van der Waals surface area contributed by atoms with E-state index < -0.39 is 0 Å². The van der Waals surface area contributed by atoms with Gasteiger partial charge in [0.15, 0.2) is 0 Å². The van der Waals surface area contributed by atoms with Crippen LogP contribution in [0.25, 0.3) is 5.57 Å². The minimum absolute atomic E-state index is 0.574. The van der Waals surface area contributed by atoms with Gasteiger partial charge < -0.3 is 5.84 Å². The summed E-state index contributed by atoms with van der Waals surface area (Å²) in [6.07, 6.45) is 9.58. The molecule has 0 saturated carbocycles. The van der Waals surface area contributed by atoms with Gasteiger partial charge in [-0.15, -0.1) is 5.11 Å². The van der Waals surface area contributed by atoms with Gasteiger partial charge in [-0.3, -0.25) is 0 Å². The fourth-order valence-electron chi connectivity index (χ4n) is 2.72. The van der Waals surface area contributed by atoms with Crippen molar-refractivity contribution >= 4 is 11.3 Å². The van der Waals surface area contributed by atoms with Crippen LogP contribution in [0.1, 0.15) is 18.4 Å². The summed E-state index contributed by atoms with van der Waals surface area (Å²) in [5.74, 6) is 6.28. The van der Waals surface area contributed by atoms with Gasteiger partial charge in [0.05, 0.1) is 5.69 Å². The van der Waals surface area contributed by atoms with Gasteiger partial charge in [-0.25, -0.2) is 0 Å². The van der Waals surface area contributed by atoms with E-state index >= 15 is 0 Å². The van der Waals surface area contributed by atoms with Crippen molar-refractivity contribution in [3.63, 3.8) is 0 Å². The molecular weight excluding hydrogens is 210 g/mol. The largest absolute Gasteiger partial charge is 0.305 e. The number of nitrogens with two attached hydrogens (primary N) is 1. The first-order valence-corrected chi connectivity index (χ1v) is 5.98. The first kappa shape index (κ1) is 10.3. The quantitative estimate of drug-likeness (QED) is 0.355. The highest BCUT2D eigenvalue weighted by Gasteiger charge is 2.25. The van der Waals surface area contributed by atoms with E-state index in [4.69, 9.17) is 5.84 Å². The third-order valence-electron chi connectivity index (χ3n) is 3.55. The van der Waals surface area contributed by atoms with Gasteiger partial charge in [0.2, 0.25) is 0 Å². The molecule has 0 fully saturated rings. The first-order valence-electron chi connectivity index (χ1n) is 5.98. The van der Waals surface area contributed by atoms with E-state index in [0.29, 0.717) is 11.8 Å². The van der Waals surface area contributed by atoms with E-state index in [2.05, 4.69) is 40.7 Å². The van der Waals surface area contributed by atoms with E-state index in [1.807, 2.05) is 12.1 Å². The summed E-state index contributed by atoms with van der Waals surface area (Å²) < 4.78 is 0. The standard InChI is InChI=1S/C14H15N3/c15-17-16-13-3-1-2-12(9-13)14-8-10-4-6-11(14)7-5-10/h1-4,6,8-11H,5,7H2,(H2,15,16). The predicted molar refractivity (Wildman–Crippen MR) is 68.5 cm³/mol. The Balaban J connectivity index is 1.97. The molecular formula is C14H15N3. The summed E-state index contributed by atoms with van der Waals surface area (Å²) in [6, 6.07) is 8.11. The molecule has 0 amide bonds. The average molecular weight is 225 g/mol. The average Bonchev–Trinajstić information content (AvgIpc) is 2.41. The normalized spacial score (nSPS) is 26.5. The van der Waals surface area contributed by atoms with Gasteiger partial charge in [0, 0.05) is 5.92 Å². The van der Waals surface area contributed by atoms with E-state index in [9.17, 15) is 0 Å². The molecule has 3 aliphatic carbocycles. The second-order valence-electron chi connectivity index (χ2n) is 4.62. The molecule has 2 N–H and O–H groups in total. The molecule has 0 heterocycles. The second kappa shape index (κ2) is 4.17. The summed E-state index contributed by atoms with van der Waals surface area (Å²) >= 11 is 0. The zero-order valence-corrected chi connectivity index (χ0v) is 9.58. The zero-order chi connectivity index (χ0) is 11.7. The van der Waals surface area contributed by atoms with Gasteiger partial charge in [-0.1, -0.05) is 35.6 Å². The summed E-state index contributed by atoms with van der Waals surface area (Å²) in [5.41, 5.74) is 3.49.